The van der Waals surface area contributed by atoms with Crippen LogP contribution in [-0.4, -0.2) is 0 Å². The normalized spacial score (nSPS) is 32.7. The molecule has 0 amide bonds. The highest BCUT2D eigenvalue weighted by Gasteiger charge is 2.48. The SMILES string of the molecule is C=CC(C)(CC)C1CC(C(C)C)CC1(C)C. The van der Waals surface area contributed by atoms with Gasteiger partial charge in [0.2, 0.25) is 0 Å². The van der Waals surface area contributed by atoms with Gasteiger partial charge in [0.15, 0.2) is 0 Å². The Labute approximate surface area is 103 Å². The number of rotatable bonds is 4. The van der Waals surface area contributed by atoms with E-state index in [-0.39, 0.29) is 0 Å². The summed E-state index contributed by atoms with van der Waals surface area (Å²) in [6.45, 7) is 18.4. The third-order valence-electron chi connectivity index (χ3n) is 5.24. The lowest BCUT2D eigenvalue weighted by Crippen LogP contribution is -2.32. The van der Waals surface area contributed by atoms with Crippen molar-refractivity contribution in [3.63, 3.8) is 0 Å². The van der Waals surface area contributed by atoms with Gasteiger partial charge in [0.05, 0.1) is 0 Å². The van der Waals surface area contributed by atoms with Gasteiger partial charge in [0.25, 0.3) is 0 Å². The van der Waals surface area contributed by atoms with Gasteiger partial charge in [-0.3, -0.25) is 0 Å². The van der Waals surface area contributed by atoms with E-state index in [4.69, 9.17) is 0 Å². The smallest absolute Gasteiger partial charge is 0.0118 e. The van der Waals surface area contributed by atoms with Gasteiger partial charge in [-0.25, -0.2) is 0 Å². The van der Waals surface area contributed by atoms with Crippen molar-refractivity contribution in [3.05, 3.63) is 12.7 Å². The second-order valence-corrected chi connectivity index (χ2v) is 7.05. The van der Waals surface area contributed by atoms with Crippen LogP contribution in [0, 0.1) is 28.6 Å². The second kappa shape index (κ2) is 4.55. The molecular weight excluding hydrogens is 192 g/mol. The molecule has 0 spiro atoms. The number of hydrogen-bond acceptors (Lipinski definition) is 0. The molecule has 0 bridgehead atoms. The van der Waals surface area contributed by atoms with Crippen LogP contribution in [-0.2, 0) is 0 Å². The molecular formula is C16H30. The summed E-state index contributed by atoms with van der Waals surface area (Å²) in [5.41, 5.74) is 0.807. The van der Waals surface area contributed by atoms with Gasteiger partial charge in [-0.1, -0.05) is 47.6 Å². The molecule has 1 fully saturated rings. The van der Waals surface area contributed by atoms with Crippen LogP contribution in [0.5, 0.6) is 0 Å². The molecule has 3 unspecified atom stereocenters. The minimum Gasteiger partial charge on any atom is -0.103 e. The molecule has 94 valence electrons. The molecule has 0 N–H and O–H groups in total. The van der Waals surface area contributed by atoms with Crippen molar-refractivity contribution in [3.8, 4) is 0 Å². The molecule has 0 aliphatic heterocycles. The van der Waals surface area contributed by atoms with Crippen LogP contribution in [0.2, 0.25) is 0 Å². The first kappa shape index (κ1) is 13.8. The summed E-state index contributed by atoms with van der Waals surface area (Å²) >= 11 is 0. The predicted octanol–water partition coefficient (Wildman–Crippen LogP) is 5.30. The Bertz CT molecular complexity index is 249. The molecule has 3 atom stereocenters. The fourth-order valence-corrected chi connectivity index (χ4v) is 3.73. The summed E-state index contributed by atoms with van der Waals surface area (Å²) in [7, 11) is 0. The number of allylic oxidation sites excluding steroid dienone is 1. The third-order valence-corrected chi connectivity index (χ3v) is 5.24. The second-order valence-electron chi connectivity index (χ2n) is 7.05. The molecule has 0 radical (unpaired) electrons. The average molecular weight is 222 g/mol. The topological polar surface area (TPSA) is 0 Å². The van der Waals surface area contributed by atoms with Crippen molar-refractivity contribution in [2.45, 2.75) is 60.8 Å². The van der Waals surface area contributed by atoms with Gasteiger partial charge < -0.3 is 0 Å². The molecule has 0 aromatic heterocycles. The first-order valence-corrected chi connectivity index (χ1v) is 6.90. The highest BCUT2D eigenvalue weighted by molar-refractivity contribution is 5.04. The minimum atomic E-state index is 0.327. The van der Waals surface area contributed by atoms with Crippen molar-refractivity contribution in [1.82, 2.24) is 0 Å². The maximum atomic E-state index is 4.08. The molecule has 0 saturated heterocycles. The molecule has 1 rings (SSSR count). The lowest BCUT2D eigenvalue weighted by Gasteiger charge is -2.40. The summed E-state index contributed by atoms with van der Waals surface area (Å²) in [6, 6.07) is 0. The van der Waals surface area contributed by atoms with Gasteiger partial charge in [0, 0.05) is 0 Å². The van der Waals surface area contributed by atoms with Gasteiger partial charge in [-0.15, -0.1) is 6.58 Å². The van der Waals surface area contributed by atoms with Crippen LogP contribution in [0.1, 0.15) is 60.8 Å². The lowest BCUT2D eigenvalue weighted by molar-refractivity contribution is 0.125. The fourth-order valence-electron chi connectivity index (χ4n) is 3.73. The van der Waals surface area contributed by atoms with Crippen molar-refractivity contribution >= 4 is 0 Å². The molecule has 1 saturated carbocycles. The maximum absolute atomic E-state index is 4.08. The zero-order valence-corrected chi connectivity index (χ0v) is 12.1. The highest BCUT2D eigenvalue weighted by atomic mass is 14.5. The van der Waals surface area contributed by atoms with E-state index < -0.39 is 0 Å². The molecule has 0 heterocycles. The van der Waals surface area contributed by atoms with Gasteiger partial charge in [0.1, 0.15) is 0 Å². The van der Waals surface area contributed by atoms with Gasteiger partial charge in [-0.2, -0.15) is 0 Å². The fraction of sp³-hybridized carbons (Fsp3) is 0.875. The Morgan fingerprint density at radius 1 is 1.44 bits per heavy atom. The monoisotopic (exact) mass is 222 g/mol. The Balaban J connectivity index is 2.93. The van der Waals surface area contributed by atoms with E-state index in [1.54, 1.807) is 0 Å². The zero-order chi connectivity index (χ0) is 12.6. The first-order valence-electron chi connectivity index (χ1n) is 6.90. The molecule has 0 aromatic carbocycles. The molecule has 0 nitrogen and oxygen atoms in total. The van der Waals surface area contributed by atoms with Crippen molar-refractivity contribution < 1.29 is 0 Å². The summed E-state index contributed by atoms with van der Waals surface area (Å²) in [5, 5.41) is 0. The Morgan fingerprint density at radius 2 is 2.00 bits per heavy atom. The van der Waals surface area contributed by atoms with Crippen LogP contribution in [0.4, 0.5) is 0 Å². The molecule has 0 aromatic rings. The standard InChI is InChI=1S/C16H30/c1-8-16(7,9-2)14-10-13(12(3)4)11-15(14,5)6/h8,12-14H,1,9-11H2,2-7H3. The summed E-state index contributed by atoms with van der Waals surface area (Å²) in [5.74, 6) is 2.54. The van der Waals surface area contributed by atoms with Crippen LogP contribution in [0.15, 0.2) is 12.7 Å². The van der Waals surface area contributed by atoms with Crippen LogP contribution < -0.4 is 0 Å². The van der Waals surface area contributed by atoms with E-state index in [1.165, 1.54) is 19.3 Å². The third kappa shape index (κ3) is 2.36. The van der Waals surface area contributed by atoms with E-state index >= 15 is 0 Å². The predicted molar refractivity (Wildman–Crippen MR) is 73.4 cm³/mol. The lowest BCUT2D eigenvalue weighted by atomic mass is 9.65. The zero-order valence-electron chi connectivity index (χ0n) is 12.1. The van der Waals surface area contributed by atoms with Crippen LogP contribution in [0.25, 0.3) is 0 Å². The van der Waals surface area contributed by atoms with Crippen LogP contribution >= 0.6 is 0 Å². The maximum Gasteiger partial charge on any atom is -0.0118 e. The van der Waals surface area contributed by atoms with E-state index in [9.17, 15) is 0 Å². The van der Waals surface area contributed by atoms with Crippen molar-refractivity contribution in [2.75, 3.05) is 0 Å². The minimum absolute atomic E-state index is 0.327. The summed E-state index contributed by atoms with van der Waals surface area (Å²) < 4.78 is 0. The highest BCUT2D eigenvalue weighted by Crippen LogP contribution is 2.56. The van der Waals surface area contributed by atoms with Crippen molar-refractivity contribution in [1.29, 1.82) is 0 Å². The van der Waals surface area contributed by atoms with E-state index in [2.05, 4.69) is 54.2 Å². The molecule has 0 heteroatoms. The van der Waals surface area contributed by atoms with E-state index in [1.807, 2.05) is 0 Å². The Morgan fingerprint density at radius 3 is 2.31 bits per heavy atom. The summed E-state index contributed by atoms with van der Waals surface area (Å²) in [6.07, 6.45) is 6.21. The average Bonchev–Trinajstić information content (AvgIpc) is 2.54. The van der Waals surface area contributed by atoms with Gasteiger partial charge in [-0.05, 0) is 47.8 Å². The molecule has 16 heavy (non-hydrogen) atoms. The molecule has 1 aliphatic rings. The van der Waals surface area contributed by atoms with Crippen LogP contribution in [0.3, 0.4) is 0 Å². The first-order chi connectivity index (χ1) is 7.27. The summed E-state index contributed by atoms with van der Waals surface area (Å²) in [4.78, 5) is 0. The molecule has 1 aliphatic carbocycles. The van der Waals surface area contributed by atoms with E-state index in [0.29, 0.717) is 10.8 Å². The number of hydrogen-bond donors (Lipinski definition) is 0. The van der Waals surface area contributed by atoms with Crippen molar-refractivity contribution in [2.24, 2.45) is 28.6 Å². The largest absolute Gasteiger partial charge is 0.103 e. The van der Waals surface area contributed by atoms with E-state index in [0.717, 1.165) is 17.8 Å². The quantitative estimate of drug-likeness (QED) is 0.566. The van der Waals surface area contributed by atoms with Gasteiger partial charge >= 0.3 is 0 Å². The Hall–Kier alpha value is -0.260. The Kier molecular flexibility index (Phi) is 3.92.